The summed E-state index contributed by atoms with van der Waals surface area (Å²) >= 11 is 1.40. The molecule has 7 nitrogen and oxygen atoms in total. The van der Waals surface area contributed by atoms with Crippen molar-refractivity contribution in [2.45, 2.75) is 31.2 Å². The van der Waals surface area contributed by atoms with Crippen molar-refractivity contribution in [3.05, 3.63) is 59.7 Å². The molecule has 30 heavy (non-hydrogen) atoms. The van der Waals surface area contributed by atoms with E-state index in [0.29, 0.717) is 12.2 Å². The molecule has 0 heterocycles. The Balaban J connectivity index is 1.77. The van der Waals surface area contributed by atoms with Gasteiger partial charge >= 0.3 is 0 Å². The monoisotopic (exact) mass is 449 g/mol. The molecule has 2 amide bonds. The van der Waals surface area contributed by atoms with Gasteiger partial charge in [-0.05, 0) is 43.7 Å². The highest BCUT2D eigenvalue weighted by Gasteiger charge is 2.18. The van der Waals surface area contributed by atoms with Gasteiger partial charge in [-0.2, -0.15) is 11.8 Å². The van der Waals surface area contributed by atoms with Crippen LogP contribution in [-0.2, 0) is 19.6 Å². The van der Waals surface area contributed by atoms with Gasteiger partial charge in [0.1, 0.15) is 0 Å². The Morgan fingerprint density at radius 2 is 1.70 bits per heavy atom. The van der Waals surface area contributed by atoms with E-state index in [1.165, 1.54) is 23.9 Å². The Morgan fingerprint density at radius 1 is 1.10 bits per heavy atom. The van der Waals surface area contributed by atoms with E-state index in [0.717, 1.165) is 16.8 Å². The SMILES string of the molecule is Cc1ccc(NC(=O)CSCCC(=O)N(C)[C@H](C)c2ccc(S(N)(=O)=O)cc2)cc1. The van der Waals surface area contributed by atoms with E-state index in [1.54, 1.807) is 24.1 Å². The molecule has 0 aliphatic heterocycles. The van der Waals surface area contributed by atoms with Gasteiger partial charge in [-0.3, -0.25) is 9.59 Å². The van der Waals surface area contributed by atoms with E-state index >= 15 is 0 Å². The van der Waals surface area contributed by atoms with E-state index < -0.39 is 10.0 Å². The van der Waals surface area contributed by atoms with Crippen LogP contribution in [-0.4, -0.2) is 43.7 Å². The number of nitrogens with two attached hydrogens (primary N) is 1. The number of thioether (sulfide) groups is 1. The van der Waals surface area contributed by atoms with Crippen LogP contribution in [0, 0.1) is 6.92 Å². The number of amides is 2. The zero-order valence-corrected chi connectivity index (χ0v) is 18.9. The van der Waals surface area contributed by atoms with Crippen LogP contribution in [0.3, 0.4) is 0 Å². The molecule has 1 atom stereocenters. The van der Waals surface area contributed by atoms with Crippen molar-refractivity contribution in [3.8, 4) is 0 Å². The summed E-state index contributed by atoms with van der Waals surface area (Å²) in [6.07, 6.45) is 0.304. The molecule has 0 aromatic heterocycles. The molecule has 162 valence electrons. The second kappa shape index (κ2) is 10.6. The van der Waals surface area contributed by atoms with Crippen molar-refractivity contribution in [3.63, 3.8) is 0 Å². The number of anilines is 1. The summed E-state index contributed by atoms with van der Waals surface area (Å²) in [4.78, 5) is 26.1. The van der Waals surface area contributed by atoms with Crippen molar-refractivity contribution in [1.82, 2.24) is 4.90 Å². The lowest BCUT2D eigenvalue weighted by Crippen LogP contribution is -2.30. The fourth-order valence-corrected chi connectivity index (χ4v) is 3.95. The molecule has 2 aromatic carbocycles. The largest absolute Gasteiger partial charge is 0.339 e. The van der Waals surface area contributed by atoms with Gasteiger partial charge in [-0.1, -0.05) is 29.8 Å². The third kappa shape index (κ3) is 7.16. The number of nitrogens with zero attached hydrogens (tertiary/aromatic N) is 1. The number of aryl methyl sites for hydroxylation is 1. The molecule has 9 heteroatoms. The van der Waals surface area contributed by atoms with Gasteiger partial charge in [0.05, 0.1) is 16.7 Å². The molecule has 2 aromatic rings. The smallest absolute Gasteiger partial charge is 0.238 e. The lowest BCUT2D eigenvalue weighted by atomic mass is 10.1. The van der Waals surface area contributed by atoms with Crippen LogP contribution in [0.15, 0.2) is 53.4 Å². The number of nitrogens with one attached hydrogen (secondary N) is 1. The highest BCUT2D eigenvalue weighted by molar-refractivity contribution is 7.99. The van der Waals surface area contributed by atoms with Crippen LogP contribution in [0.25, 0.3) is 0 Å². The van der Waals surface area contributed by atoms with Gasteiger partial charge < -0.3 is 10.2 Å². The Bertz CT molecular complexity index is 974. The maximum Gasteiger partial charge on any atom is 0.238 e. The lowest BCUT2D eigenvalue weighted by Gasteiger charge is -2.25. The van der Waals surface area contributed by atoms with Gasteiger partial charge in [0.2, 0.25) is 21.8 Å². The normalized spacial score (nSPS) is 12.3. The summed E-state index contributed by atoms with van der Waals surface area (Å²) < 4.78 is 22.7. The minimum atomic E-state index is -3.74. The van der Waals surface area contributed by atoms with Gasteiger partial charge in [0, 0.05) is 24.9 Å². The predicted molar refractivity (Wildman–Crippen MR) is 121 cm³/mol. The topological polar surface area (TPSA) is 110 Å². The Labute approximate surface area is 182 Å². The first kappa shape index (κ1) is 23.9. The van der Waals surface area contributed by atoms with Gasteiger partial charge in [-0.15, -0.1) is 0 Å². The van der Waals surface area contributed by atoms with E-state index in [4.69, 9.17) is 5.14 Å². The molecule has 0 saturated heterocycles. The van der Waals surface area contributed by atoms with Gasteiger partial charge in [0.15, 0.2) is 0 Å². The maximum absolute atomic E-state index is 12.4. The fourth-order valence-electron chi connectivity index (χ4n) is 2.71. The van der Waals surface area contributed by atoms with E-state index in [1.807, 2.05) is 38.1 Å². The molecule has 0 unspecified atom stereocenters. The number of hydrogen-bond donors (Lipinski definition) is 2. The van der Waals surface area contributed by atoms with Crippen molar-refractivity contribution >= 4 is 39.3 Å². The summed E-state index contributed by atoms with van der Waals surface area (Å²) in [5, 5.41) is 7.93. The molecule has 0 radical (unpaired) electrons. The Kier molecular flexibility index (Phi) is 8.45. The number of benzene rings is 2. The number of carbonyl (C=O) groups excluding carboxylic acids is 2. The molecule has 2 rings (SSSR count). The summed E-state index contributed by atoms with van der Waals surface area (Å²) in [6, 6.07) is 13.5. The zero-order valence-electron chi connectivity index (χ0n) is 17.3. The highest BCUT2D eigenvalue weighted by atomic mass is 32.2. The zero-order chi connectivity index (χ0) is 22.3. The second-order valence-corrected chi connectivity index (χ2v) is 9.68. The van der Waals surface area contributed by atoms with Crippen molar-refractivity contribution in [2.75, 3.05) is 23.9 Å². The Hall–Kier alpha value is -2.36. The van der Waals surface area contributed by atoms with Crippen LogP contribution in [0.2, 0.25) is 0 Å². The second-order valence-electron chi connectivity index (χ2n) is 7.01. The fraction of sp³-hybridized carbons (Fsp3) is 0.333. The van der Waals surface area contributed by atoms with Crippen LogP contribution >= 0.6 is 11.8 Å². The minimum Gasteiger partial charge on any atom is -0.339 e. The maximum atomic E-state index is 12.4. The highest BCUT2D eigenvalue weighted by Crippen LogP contribution is 2.21. The number of carbonyl (C=O) groups is 2. The molecule has 0 aliphatic rings. The summed E-state index contributed by atoms with van der Waals surface area (Å²) in [5.74, 6) is 0.647. The third-order valence-electron chi connectivity index (χ3n) is 4.69. The average molecular weight is 450 g/mol. The van der Waals surface area contributed by atoms with E-state index in [-0.39, 0.29) is 28.5 Å². The number of hydrogen-bond acceptors (Lipinski definition) is 5. The van der Waals surface area contributed by atoms with E-state index in [9.17, 15) is 18.0 Å². The first-order valence-corrected chi connectivity index (χ1v) is 12.1. The molecule has 0 bridgehead atoms. The molecular weight excluding hydrogens is 422 g/mol. The van der Waals surface area contributed by atoms with Crippen LogP contribution < -0.4 is 10.5 Å². The van der Waals surface area contributed by atoms with Gasteiger partial charge in [0.25, 0.3) is 0 Å². The number of sulfonamides is 1. The molecule has 0 saturated carbocycles. The number of rotatable bonds is 9. The van der Waals surface area contributed by atoms with Crippen LogP contribution in [0.4, 0.5) is 5.69 Å². The van der Waals surface area contributed by atoms with Gasteiger partial charge in [-0.25, -0.2) is 13.6 Å². The van der Waals surface area contributed by atoms with Crippen molar-refractivity contribution < 1.29 is 18.0 Å². The summed E-state index contributed by atoms with van der Waals surface area (Å²) in [5.41, 5.74) is 2.69. The first-order chi connectivity index (χ1) is 14.1. The molecule has 0 aliphatic carbocycles. The van der Waals surface area contributed by atoms with E-state index in [2.05, 4.69) is 5.32 Å². The quantitative estimate of drug-likeness (QED) is 0.572. The number of primary sulfonamides is 1. The molecular formula is C21H27N3O4S2. The standard InChI is InChI=1S/C21H27N3O4S2/c1-15-4-8-18(9-5-15)23-20(25)14-29-13-12-21(26)24(3)16(2)17-6-10-19(11-7-17)30(22,27)28/h4-11,16H,12-14H2,1-3H3,(H,23,25)(H2,22,27,28)/t16-/m1/s1. The summed E-state index contributed by atoms with van der Waals surface area (Å²) in [6.45, 7) is 3.85. The molecule has 0 spiro atoms. The summed E-state index contributed by atoms with van der Waals surface area (Å²) in [7, 11) is -2.04. The lowest BCUT2D eigenvalue weighted by molar-refractivity contribution is -0.131. The van der Waals surface area contributed by atoms with Crippen molar-refractivity contribution in [1.29, 1.82) is 0 Å². The first-order valence-electron chi connectivity index (χ1n) is 9.40. The average Bonchev–Trinajstić information content (AvgIpc) is 2.71. The van der Waals surface area contributed by atoms with Crippen LogP contribution in [0.5, 0.6) is 0 Å². The molecule has 3 N–H and O–H groups in total. The van der Waals surface area contributed by atoms with Crippen molar-refractivity contribution in [2.24, 2.45) is 5.14 Å². The minimum absolute atomic E-state index is 0.0349. The molecule has 0 fully saturated rings. The Morgan fingerprint density at radius 3 is 2.27 bits per heavy atom. The predicted octanol–water partition coefficient (Wildman–Crippen LogP) is 2.92. The third-order valence-corrected chi connectivity index (χ3v) is 6.58. The van der Waals surface area contributed by atoms with Crippen LogP contribution in [0.1, 0.15) is 30.5 Å².